The number of aromatic amines is 1. The lowest BCUT2D eigenvalue weighted by Crippen LogP contribution is -2.19. The molecule has 0 saturated heterocycles. The molecule has 0 bridgehead atoms. The molecule has 0 saturated carbocycles. The fourth-order valence-electron chi connectivity index (χ4n) is 3.69. The third-order valence-corrected chi connectivity index (χ3v) is 5.51. The monoisotopic (exact) mass is 486 g/mol. The van der Waals surface area contributed by atoms with Crippen molar-refractivity contribution in [1.82, 2.24) is 10.1 Å². The molecule has 0 radical (unpaired) electrons. The zero-order chi connectivity index (χ0) is 25.4. The van der Waals surface area contributed by atoms with Crippen molar-refractivity contribution in [3.63, 3.8) is 0 Å². The van der Waals surface area contributed by atoms with Crippen LogP contribution < -0.4 is 15.4 Å². The van der Waals surface area contributed by atoms with Gasteiger partial charge in [-0.2, -0.15) is 0 Å². The summed E-state index contributed by atoms with van der Waals surface area (Å²) >= 11 is 0. The number of H-pyrrole nitrogens is 1. The number of nitrogens with zero attached hydrogens (tertiary/aromatic N) is 1. The number of urea groups is 1. The Balaban J connectivity index is 1.31. The molecule has 0 aliphatic rings. The Morgan fingerprint density at radius 3 is 2.58 bits per heavy atom. The van der Waals surface area contributed by atoms with Gasteiger partial charge in [-0.25, -0.2) is 4.79 Å². The number of carbonyl (C=O) groups is 3. The standard InChI is InChI=1S/C26H22N4O6/c1-26(2,3)22-12-23(30-36-22)29-25(33)27-16-4-7-20-15(8-16)11-21(35-20)24(32)19-10-14-9-17(34-13-31)5-6-18(14)28-19/h4-13,28H,1-3H3,(H2,27,29,30,33). The van der Waals surface area contributed by atoms with Crippen LogP contribution in [0.15, 0.2) is 63.5 Å². The maximum absolute atomic E-state index is 13.0. The molecule has 2 aromatic carbocycles. The highest BCUT2D eigenvalue weighted by Crippen LogP contribution is 2.28. The number of anilines is 2. The SMILES string of the molecule is CC(C)(C)c1cc(NC(=O)Nc2ccc3oc(C(=O)c4cc5cc(OC=O)ccc5[nH]4)cc3c2)no1. The number of benzene rings is 2. The number of nitrogens with one attached hydrogen (secondary N) is 3. The number of rotatable bonds is 6. The molecule has 0 fully saturated rings. The van der Waals surface area contributed by atoms with E-state index in [1.807, 2.05) is 20.8 Å². The summed E-state index contributed by atoms with van der Waals surface area (Å²) in [6, 6.07) is 14.5. The van der Waals surface area contributed by atoms with E-state index in [1.54, 1.807) is 54.6 Å². The number of furan rings is 1. The molecule has 182 valence electrons. The molecule has 36 heavy (non-hydrogen) atoms. The van der Waals surface area contributed by atoms with Gasteiger partial charge in [-0.1, -0.05) is 25.9 Å². The topological polar surface area (TPSA) is 139 Å². The number of fused-ring (bicyclic) bond motifs is 2. The quantitative estimate of drug-likeness (QED) is 0.209. The van der Waals surface area contributed by atoms with E-state index in [0.717, 1.165) is 0 Å². The minimum absolute atomic E-state index is 0.139. The normalized spacial score (nSPS) is 11.5. The first-order valence-electron chi connectivity index (χ1n) is 11.1. The molecular weight excluding hydrogens is 464 g/mol. The summed E-state index contributed by atoms with van der Waals surface area (Å²) in [5.74, 6) is 1.13. The number of hydrogen-bond donors (Lipinski definition) is 3. The summed E-state index contributed by atoms with van der Waals surface area (Å²) in [6.07, 6.45) is 0. The molecule has 3 aromatic heterocycles. The molecule has 2 amide bonds. The van der Waals surface area contributed by atoms with Gasteiger partial charge in [-0.05, 0) is 48.5 Å². The van der Waals surface area contributed by atoms with Crippen molar-refractivity contribution >= 4 is 51.7 Å². The van der Waals surface area contributed by atoms with Crippen molar-refractivity contribution < 1.29 is 28.1 Å². The van der Waals surface area contributed by atoms with Crippen LogP contribution in [0, 0.1) is 0 Å². The third-order valence-electron chi connectivity index (χ3n) is 5.51. The van der Waals surface area contributed by atoms with E-state index in [1.165, 1.54) is 0 Å². The summed E-state index contributed by atoms with van der Waals surface area (Å²) in [5, 5.41) is 10.6. The summed E-state index contributed by atoms with van der Waals surface area (Å²) < 4.78 is 15.9. The van der Waals surface area contributed by atoms with Crippen LogP contribution in [-0.4, -0.2) is 28.4 Å². The Bertz CT molecular complexity index is 1620. The highest BCUT2D eigenvalue weighted by atomic mass is 16.5. The van der Waals surface area contributed by atoms with Crippen molar-refractivity contribution in [1.29, 1.82) is 0 Å². The lowest BCUT2D eigenvalue weighted by Gasteiger charge is -2.12. The van der Waals surface area contributed by atoms with Crippen LogP contribution in [0.3, 0.4) is 0 Å². The van der Waals surface area contributed by atoms with Gasteiger partial charge in [-0.15, -0.1) is 0 Å². The molecular formula is C26H22N4O6. The Morgan fingerprint density at radius 2 is 1.83 bits per heavy atom. The van der Waals surface area contributed by atoms with E-state index < -0.39 is 6.03 Å². The second-order valence-electron chi connectivity index (χ2n) is 9.24. The van der Waals surface area contributed by atoms with Crippen LogP contribution >= 0.6 is 0 Å². The van der Waals surface area contributed by atoms with Gasteiger partial charge < -0.3 is 24.0 Å². The van der Waals surface area contributed by atoms with Crippen molar-refractivity contribution in [2.75, 3.05) is 10.6 Å². The number of amides is 2. The van der Waals surface area contributed by atoms with Gasteiger partial charge in [0.15, 0.2) is 11.6 Å². The van der Waals surface area contributed by atoms with Gasteiger partial charge in [-0.3, -0.25) is 14.9 Å². The molecule has 0 aliphatic heterocycles. The molecule has 10 nitrogen and oxygen atoms in total. The number of aromatic nitrogens is 2. The summed E-state index contributed by atoms with van der Waals surface area (Å²) in [7, 11) is 0. The van der Waals surface area contributed by atoms with Crippen LogP contribution in [0.25, 0.3) is 21.9 Å². The third kappa shape index (κ3) is 4.56. The second kappa shape index (κ2) is 8.73. The highest BCUT2D eigenvalue weighted by Gasteiger charge is 2.21. The van der Waals surface area contributed by atoms with Crippen molar-refractivity contribution in [2.45, 2.75) is 26.2 Å². The lowest BCUT2D eigenvalue weighted by atomic mass is 9.93. The minimum Gasteiger partial charge on any atom is -0.453 e. The van der Waals surface area contributed by atoms with Gasteiger partial charge in [0.2, 0.25) is 5.78 Å². The molecule has 5 aromatic rings. The Kier molecular flexibility index (Phi) is 5.56. The van der Waals surface area contributed by atoms with E-state index >= 15 is 0 Å². The molecule has 3 heterocycles. The lowest BCUT2D eigenvalue weighted by molar-refractivity contribution is -0.120. The van der Waals surface area contributed by atoms with Gasteiger partial charge in [0, 0.05) is 33.5 Å². The van der Waals surface area contributed by atoms with E-state index in [0.29, 0.717) is 57.1 Å². The molecule has 0 atom stereocenters. The fourth-order valence-corrected chi connectivity index (χ4v) is 3.69. The zero-order valence-corrected chi connectivity index (χ0v) is 19.7. The molecule has 3 N–H and O–H groups in total. The summed E-state index contributed by atoms with van der Waals surface area (Å²) in [6.45, 7) is 6.29. The number of ketones is 1. The predicted octanol–water partition coefficient (Wildman–Crippen LogP) is 5.61. The second-order valence-corrected chi connectivity index (χ2v) is 9.24. The predicted molar refractivity (Wildman–Crippen MR) is 132 cm³/mol. The highest BCUT2D eigenvalue weighted by molar-refractivity contribution is 6.10. The first-order chi connectivity index (χ1) is 17.2. The van der Waals surface area contributed by atoms with E-state index in [2.05, 4.69) is 20.8 Å². The summed E-state index contributed by atoms with van der Waals surface area (Å²) in [5.41, 5.74) is 1.81. The summed E-state index contributed by atoms with van der Waals surface area (Å²) in [4.78, 5) is 39.0. The van der Waals surface area contributed by atoms with E-state index in [4.69, 9.17) is 13.7 Å². The largest absolute Gasteiger partial charge is 0.453 e. The average Bonchev–Trinajstić information content (AvgIpc) is 3.55. The number of carbonyl (C=O) groups excluding carboxylic acids is 3. The molecule has 10 heteroatoms. The smallest absolute Gasteiger partial charge is 0.324 e. The first kappa shape index (κ1) is 22.9. The Hall–Kier alpha value is -4.86. The zero-order valence-electron chi connectivity index (χ0n) is 19.7. The van der Waals surface area contributed by atoms with Crippen molar-refractivity contribution in [3.05, 3.63) is 71.8 Å². The minimum atomic E-state index is -0.487. The van der Waals surface area contributed by atoms with Gasteiger partial charge in [0.25, 0.3) is 6.47 Å². The molecule has 0 spiro atoms. The van der Waals surface area contributed by atoms with E-state index in [-0.39, 0.29) is 17.0 Å². The number of ether oxygens (including phenoxy) is 1. The van der Waals surface area contributed by atoms with Crippen LogP contribution in [0.4, 0.5) is 16.3 Å². The van der Waals surface area contributed by atoms with Crippen molar-refractivity contribution in [2.24, 2.45) is 0 Å². The molecule has 0 unspecified atom stereocenters. The van der Waals surface area contributed by atoms with Crippen LogP contribution in [-0.2, 0) is 10.2 Å². The number of hydrogen-bond acceptors (Lipinski definition) is 7. The Morgan fingerprint density at radius 1 is 1.00 bits per heavy atom. The van der Waals surface area contributed by atoms with Gasteiger partial charge >= 0.3 is 6.03 Å². The van der Waals surface area contributed by atoms with Gasteiger partial charge in [0.1, 0.15) is 17.1 Å². The maximum atomic E-state index is 13.0. The Labute approximate surface area is 204 Å². The first-order valence-corrected chi connectivity index (χ1v) is 11.1. The average molecular weight is 486 g/mol. The van der Waals surface area contributed by atoms with Crippen molar-refractivity contribution in [3.8, 4) is 5.75 Å². The van der Waals surface area contributed by atoms with Crippen LogP contribution in [0.1, 0.15) is 42.8 Å². The van der Waals surface area contributed by atoms with E-state index in [9.17, 15) is 14.4 Å². The molecule has 0 aliphatic carbocycles. The van der Waals surface area contributed by atoms with Gasteiger partial charge in [0.05, 0.1) is 5.69 Å². The fraction of sp³-hybridized carbons (Fsp3) is 0.154. The maximum Gasteiger partial charge on any atom is 0.324 e. The molecule has 5 rings (SSSR count). The van der Waals surface area contributed by atoms with Crippen LogP contribution in [0.2, 0.25) is 0 Å². The van der Waals surface area contributed by atoms with Crippen LogP contribution in [0.5, 0.6) is 5.75 Å².